The van der Waals surface area contributed by atoms with Crippen LogP contribution in [-0.4, -0.2) is 13.1 Å². The van der Waals surface area contributed by atoms with Gasteiger partial charge < -0.3 is 0 Å². The predicted molar refractivity (Wildman–Crippen MR) is 53.5 cm³/mol. The SMILES string of the molecule is CCC[CH2][In]([I])[I]. The third-order valence-electron chi connectivity index (χ3n) is 0.776. The Morgan fingerprint density at radius 1 is 1.43 bits per heavy atom. The Morgan fingerprint density at radius 3 is 2.14 bits per heavy atom. The van der Waals surface area contributed by atoms with Gasteiger partial charge in [0.2, 0.25) is 0 Å². The van der Waals surface area contributed by atoms with Gasteiger partial charge in [-0.1, -0.05) is 0 Å². The maximum absolute atomic E-state index is 2.66. The molecule has 0 aromatic carbocycles. The Kier molecular flexibility index (Phi) is 8.60. The Bertz CT molecular complexity index is 38.7. The average molecular weight is 426 g/mol. The van der Waals surface area contributed by atoms with E-state index in [-0.39, 0.29) is 0 Å². The van der Waals surface area contributed by atoms with Gasteiger partial charge in [-0.3, -0.25) is 0 Å². The standard InChI is InChI=1S/C4H9.2HI.In/c1-3-4-2;;;/h1,3-4H2,2H3;2*1H;/q;;;+2/p-2. The molecule has 0 aromatic heterocycles. The van der Waals surface area contributed by atoms with Gasteiger partial charge in [-0.05, 0) is 0 Å². The van der Waals surface area contributed by atoms with E-state index in [9.17, 15) is 0 Å². The topological polar surface area (TPSA) is 0 Å². The van der Waals surface area contributed by atoms with Crippen molar-refractivity contribution in [2.45, 2.75) is 23.9 Å². The Morgan fingerprint density at radius 2 is 2.00 bits per heavy atom. The van der Waals surface area contributed by atoms with Crippen LogP contribution >= 0.6 is 36.3 Å². The summed E-state index contributed by atoms with van der Waals surface area (Å²) in [6.07, 6.45) is 2.87. The third-order valence-corrected chi connectivity index (χ3v) is 11.5. The van der Waals surface area contributed by atoms with E-state index in [1.807, 2.05) is 0 Å². The average Bonchev–Trinajstić information content (AvgIpc) is 1.61. The number of halogens is 2. The van der Waals surface area contributed by atoms with Gasteiger partial charge in [0.05, 0.1) is 0 Å². The third kappa shape index (κ3) is 8.33. The summed E-state index contributed by atoms with van der Waals surface area (Å²) in [6.45, 7) is 2.27. The van der Waals surface area contributed by atoms with Gasteiger partial charge >= 0.3 is 73.3 Å². The van der Waals surface area contributed by atoms with Gasteiger partial charge in [-0.25, -0.2) is 0 Å². The van der Waals surface area contributed by atoms with Crippen LogP contribution in [0.3, 0.4) is 0 Å². The number of unbranched alkanes of at least 4 members (excludes halogenated alkanes) is 1. The van der Waals surface area contributed by atoms with Crippen LogP contribution in [0.2, 0.25) is 4.18 Å². The van der Waals surface area contributed by atoms with E-state index >= 15 is 0 Å². The molecule has 0 unspecified atom stereocenters. The molecule has 0 saturated carbocycles. The fourth-order valence-corrected chi connectivity index (χ4v) is 8.31. The van der Waals surface area contributed by atoms with Crippen molar-refractivity contribution in [2.24, 2.45) is 0 Å². The van der Waals surface area contributed by atoms with Crippen molar-refractivity contribution in [3.63, 3.8) is 0 Å². The van der Waals surface area contributed by atoms with E-state index in [2.05, 4.69) is 43.2 Å². The van der Waals surface area contributed by atoms with Crippen molar-refractivity contribution in [1.29, 1.82) is 0 Å². The second-order valence-corrected chi connectivity index (χ2v) is 41.6. The first-order valence-corrected chi connectivity index (χ1v) is 24.1. The molecular weight excluding hydrogens is 417 g/mol. The number of hydrogen-bond acceptors (Lipinski definition) is 0. The van der Waals surface area contributed by atoms with Gasteiger partial charge in [0, 0.05) is 0 Å². The molecule has 0 amide bonds. The molecule has 7 heavy (non-hydrogen) atoms. The second kappa shape index (κ2) is 6.45. The summed E-state index contributed by atoms with van der Waals surface area (Å²) >= 11 is 4.52. The molecule has 0 N–H and O–H groups in total. The van der Waals surface area contributed by atoms with Crippen LogP contribution in [0.25, 0.3) is 0 Å². The van der Waals surface area contributed by atoms with E-state index in [4.69, 9.17) is 0 Å². The summed E-state index contributed by atoms with van der Waals surface area (Å²) in [4.78, 5) is 0. The van der Waals surface area contributed by atoms with Crippen LogP contribution in [0, 0.1) is 0 Å². The van der Waals surface area contributed by atoms with Crippen molar-refractivity contribution in [2.75, 3.05) is 0 Å². The molecule has 0 bridgehead atoms. The molecule has 0 radical (unpaired) electrons. The fourth-order valence-electron chi connectivity index (χ4n) is 0.358. The van der Waals surface area contributed by atoms with E-state index in [0.717, 1.165) is 0 Å². The molecule has 0 aromatic rings. The zero-order chi connectivity index (χ0) is 5.70. The summed E-state index contributed by atoms with van der Waals surface area (Å²) in [5.41, 5.74) is 0. The minimum absolute atomic E-state index is 0.807. The van der Waals surface area contributed by atoms with Crippen LogP contribution in [0.4, 0.5) is 0 Å². The van der Waals surface area contributed by atoms with Gasteiger partial charge in [-0.2, -0.15) is 0 Å². The summed E-state index contributed by atoms with van der Waals surface area (Å²) in [5, 5.41) is 0. The van der Waals surface area contributed by atoms with Crippen LogP contribution in [0.1, 0.15) is 19.8 Å². The van der Waals surface area contributed by atoms with Crippen molar-refractivity contribution in [3.8, 4) is 0 Å². The molecule has 3 heteroatoms. The quantitative estimate of drug-likeness (QED) is 0.610. The summed E-state index contributed by atoms with van der Waals surface area (Å²) in [6, 6.07) is 0. The molecule has 0 aliphatic rings. The van der Waals surface area contributed by atoms with Crippen LogP contribution < -0.4 is 0 Å². The summed E-state index contributed by atoms with van der Waals surface area (Å²) in [7, 11) is 0. The molecule has 0 aliphatic carbocycles. The normalized spacial score (nSPS) is 9.00. The van der Waals surface area contributed by atoms with Gasteiger partial charge in [0.1, 0.15) is 0 Å². The summed E-state index contributed by atoms with van der Waals surface area (Å²) in [5.74, 6) is 0. The maximum atomic E-state index is 2.66. The molecule has 0 rings (SSSR count). The van der Waals surface area contributed by atoms with E-state index in [0.29, 0.717) is 0 Å². The Hall–Kier alpha value is 2.33. The summed E-state index contributed by atoms with van der Waals surface area (Å²) < 4.78 is 1.58. The molecule has 0 heterocycles. The minimum atomic E-state index is -0.807. The first-order valence-electron chi connectivity index (χ1n) is 2.55. The van der Waals surface area contributed by atoms with Gasteiger partial charge in [0.15, 0.2) is 0 Å². The van der Waals surface area contributed by atoms with E-state index < -0.39 is 13.1 Å². The van der Waals surface area contributed by atoms with Gasteiger partial charge in [-0.15, -0.1) is 0 Å². The first-order chi connectivity index (χ1) is 3.27. The molecule has 0 saturated heterocycles. The molecule has 42 valence electrons. The van der Waals surface area contributed by atoms with Crippen molar-refractivity contribution in [1.82, 2.24) is 0 Å². The first kappa shape index (κ1) is 9.33. The molecule has 0 nitrogen and oxygen atoms in total. The van der Waals surface area contributed by atoms with Crippen LogP contribution in [0.15, 0.2) is 0 Å². The molecule has 0 fully saturated rings. The molecular formula is C4H9I2In. The van der Waals surface area contributed by atoms with Crippen molar-refractivity contribution in [3.05, 3.63) is 0 Å². The van der Waals surface area contributed by atoms with Crippen LogP contribution in [0.5, 0.6) is 0 Å². The van der Waals surface area contributed by atoms with E-state index in [1.165, 1.54) is 12.8 Å². The molecule has 0 spiro atoms. The number of rotatable bonds is 3. The van der Waals surface area contributed by atoms with Crippen LogP contribution in [-0.2, 0) is 0 Å². The zero-order valence-electron chi connectivity index (χ0n) is 4.45. The Balaban J connectivity index is 2.68. The van der Waals surface area contributed by atoms with Crippen molar-refractivity contribution >= 4 is 49.4 Å². The zero-order valence-corrected chi connectivity index (χ0v) is 12.1. The molecule has 0 aliphatic heterocycles. The monoisotopic (exact) mass is 426 g/mol. The number of hydrogen-bond donors (Lipinski definition) is 0. The predicted octanol–water partition coefficient (Wildman–Crippen LogP) is 3.14. The Labute approximate surface area is 71.9 Å². The van der Waals surface area contributed by atoms with E-state index in [1.54, 1.807) is 4.18 Å². The van der Waals surface area contributed by atoms with Gasteiger partial charge in [0.25, 0.3) is 0 Å². The molecule has 0 atom stereocenters. The fraction of sp³-hybridized carbons (Fsp3) is 1.00. The second-order valence-electron chi connectivity index (χ2n) is 1.53. The van der Waals surface area contributed by atoms with Crippen molar-refractivity contribution < 1.29 is 0 Å².